The quantitative estimate of drug-likeness (QED) is 0.369. The highest BCUT2D eigenvalue weighted by Gasteiger charge is 2.19. The highest BCUT2D eigenvalue weighted by Crippen LogP contribution is 2.34. The van der Waals surface area contributed by atoms with E-state index in [1.54, 1.807) is 13.3 Å². The average Bonchev–Trinajstić information content (AvgIpc) is 2.86. The Morgan fingerprint density at radius 2 is 1.82 bits per heavy atom. The van der Waals surface area contributed by atoms with Crippen molar-refractivity contribution in [1.29, 1.82) is 0 Å². The zero-order valence-electron chi connectivity index (χ0n) is 20.1. The minimum atomic E-state index is -0.277. The summed E-state index contributed by atoms with van der Waals surface area (Å²) in [6.45, 7) is 6.50. The van der Waals surface area contributed by atoms with E-state index in [4.69, 9.17) is 16.3 Å². The van der Waals surface area contributed by atoms with Crippen molar-refractivity contribution in [2.24, 2.45) is 0 Å². The van der Waals surface area contributed by atoms with E-state index in [1.165, 1.54) is 5.30 Å². The summed E-state index contributed by atoms with van der Waals surface area (Å²) in [6, 6.07) is 15.0. The van der Waals surface area contributed by atoms with E-state index in [-0.39, 0.29) is 7.92 Å². The molecule has 2 aromatic carbocycles. The number of nitrogens with zero attached hydrogens (tertiary/aromatic N) is 3. The van der Waals surface area contributed by atoms with E-state index in [0.717, 1.165) is 48.7 Å². The molecule has 1 saturated heterocycles. The topological polar surface area (TPSA) is 74.3 Å². The molecule has 0 spiro atoms. The summed E-state index contributed by atoms with van der Waals surface area (Å²) in [6.07, 6.45) is 3.87. The molecule has 2 heterocycles. The number of halogens is 1. The molecule has 3 aromatic rings. The van der Waals surface area contributed by atoms with Gasteiger partial charge in [0.25, 0.3) is 0 Å². The first-order valence-corrected chi connectivity index (χ1v) is 14.0. The molecule has 0 saturated carbocycles. The summed E-state index contributed by atoms with van der Waals surface area (Å²) in [7, 11) is 3.44. The first-order valence-electron chi connectivity index (χ1n) is 11.4. The third kappa shape index (κ3) is 5.72. The van der Waals surface area contributed by atoms with E-state index >= 15 is 0 Å². The van der Waals surface area contributed by atoms with Crippen LogP contribution in [0, 0.1) is 0 Å². The first-order chi connectivity index (χ1) is 16.5. The summed E-state index contributed by atoms with van der Waals surface area (Å²) in [4.78, 5) is 11.4. The van der Waals surface area contributed by atoms with E-state index < -0.39 is 0 Å². The first kappa shape index (κ1) is 24.5. The van der Waals surface area contributed by atoms with Crippen LogP contribution in [0.5, 0.6) is 5.75 Å². The predicted molar refractivity (Wildman–Crippen MR) is 146 cm³/mol. The molecule has 1 aromatic heterocycles. The lowest BCUT2D eigenvalue weighted by atomic mass is 10.0. The SMILES string of the molecule is CNC1CCN(c2ccc(Nc3ncc(Cl)c(Nc4ccccc4P(C)C)n3)c(OC)c2)CC1. The fourth-order valence-corrected chi connectivity index (χ4v) is 5.27. The molecule has 9 heteroatoms. The van der Waals surface area contributed by atoms with Crippen molar-refractivity contribution in [3.63, 3.8) is 0 Å². The van der Waals surface area contributed by atoms with Crippen molar-refractivity contribution in [1.82, 2.24) is 15.3 Å². The van der Waals surface area contributed by atoms with Crippen molar-refractivity contribution in [3.8, 4) is 5.75 Å². The molecule has 0 unspecified atom stereocenters. The van der Waals surface area contributed by atoms with Gasteiger partial charge in [0, 0.05) is 36.6 Å². The van der Waals surface area contributed by atoms with E-state index in [2.05, 4.69) is 68.4 Å². The number of nitrogens with one attached hydrogen (secondary N) is 3. The number of anilines is 5. The summed E-state index contributed by atoms with van der Waals surface area (Å²) >= 11 is 6.42. The molecule has 180 valence electrons. The molecule has 0 amide bonds. The van der Waals surface area contributed by atoms with Gasteiger partial charge in [0.15, 0.2) is 5.82 Å². The van der Waals surface area contributed by atoms with Crippen LogP contribution in [-0.2, 0) is 0 Å². The maximum absolute atomic E-state index is 6.42. The zero-order chi connectivity index (χ0) is 24.1. The van der Waals surface area contributed by atoms with Gasteiger partial charge >= 0.3 is 0 Å². The molecule has 0 aliphatic carbocycles. The smallest absolute Gasteiger partial charge is 0.229 e. The van der Waals surface area contributed by atoms with Crippen LogP contribution in [0.15, 0.2) is 48.7 Å². The van der Waals surface area contributed by atoms with Gasteiger partial charge in [0.2, 0.25) is 5.95 Å². The van der Waals surface area contributed by atoms with Gasteiger partial charge in [-0.05, 0) is 56.7 Å². The van der Waals surface area contributed by atoms with Gasteiger partial charge in [-0.15, -0.1) is 0 Å². The highest BCUT2D eigenvalue weighted by atomic mass is 35.5. The number of hydrogen-bond acceptors (Lipinski definition) is 7. The number of rotatable bonds is 8. The second-order valence-corrected chi connectivity index (χ2v) is 11.2. The van der Waals surface area contributed by atoms with Crippen molar-refractivity contribution in [3.05, 3.63) is 53.7 Å². The highest BCUT2D eigenvalue weighted by molar-refractivity contribution is 7.64. The number of ether oxygens (including phenoxy) is 1. The standard InChI is InChI=1S/C25H32ClN6OP/c1-27-17-11-13-32(14-12-17)18-9-10-20(22(15-18)33-2)30-25-28-16-19(26)24(31-25)29-21-7-5-6-8-23(21)34(3)4/h5-10,15-17,27H,11-14H2,1-4H3,(H2,28,29,30,31). The third-order valence-corrected chi connectivity index (χ3v) is 7.71. The molecule has 0 bridgehead atoms. The Labute approximate surface area is 208 Å². The van der Waals surface area contributed by atoms with Crippen LogP contribution in [0.1, 0.15) is 12.8 Å². The van der Waals surface area contributed by atoms with Crippen molar-refractivity contribution in [2.75, 3.05) is 56.1 Å². The van der Waals surface area contributed by atoms with Crippen molar-refractivity contribution < 1.29 is 4.74 Å². The van der Waals surface area contributed by atoms with Crippen LogP contribution in [-0.4, -0.2) is 56.6 Å². The lowest BCUT2D eigenvalue weighted by Gasteiger charge is -2.33. The van der Waals surface area contributed by atoms with Crippen LogP contribution in [0.2, 0.25) is 5.02 Å². The largest absolute Gasteiger partial charge is 0.494 e. The number of piperidine rings is 1. The Kier molecular flexibility index (Phi) is 8.09. The molecule has 34 heavy (non-hydrogen) atoms. The Balaban J connectivity index is 1.53. The zero-order valence-corrected chi connectivity index (χ0v) is 21.8. The lowest BCUT2D eigenvalue weighted by Crippen LogP contribution is -2.41. The summed E-state index contributed by atoms with van der Waals surface area (Å²) < 4.78 is 5.69. The minimum absolute atomic E-state index is 0.277. The third-order valence-electron chi connectivity index (χ3n) is 6.08. The fraction of sp³-hybridized carbons (Fsp3) is 0.360. The summed E-state index contributed by atoms with van der Waals surface area (Å²) in [5.74, 6) is 1.75. The lowest BCUT2D eigenvalue weighted by molar-refractivity contribution is 0.415. The predicted octanol–water partition coefficient (Wildman–Crippen LogP) is 5.18. The van der Waals surface area contributed by atoms with Crippen LogP contribution in [0.3, 0.4) is 0 Å². The maximum atomic E-state index is 6.42. The maximum Gasteiger partial charge on any atom is 0.229 e. The molecule has 4 rings (SSSR count). The van der Waals surface area contributed by atoms with Gasteiger partial charge in [-0.25, -0.2) is 4.98 Å². The number of aromatic nitrogens is 2. The Morgan fingerprint density at radius 1 is 1.06 bits per heavy atom. The monoisotopic (exact) mass is 498 g/mol. The normalized spacial score (nSPS) is 14.4. The summed E-state index contributed by atoms with van der Waals surface area (Å²) in [5.41, 5.74) is 2.97. The fourth-order valence-electron chi connectivity index (χ4n) is 4.14. The molecule has 3 N–H and O–H groups in total. The number of para-hydroxylation sites is 1. The van der Waals surface area contributed by atoms with Gasteiger partial charge in [0.1, 0.15) is 10.8 Å². The van der Waals surface area contributed by atoms with Crippen LogP contribution in [0.25, 0.3) is 0 Å². The Bertz CT molecular complexity index is 1120. The Morgan fingerprint density at radius 3 is 2.53 bits per heavy atom. The Hall–Kier alpha value is -2.60. The molecule has 1 fully saturated rings. The minimum Gasteiger partial charge on any atom is -0.494 e. The van der Waals surface area contributed by atoms with Crippen molar-refractivity contribution >= 4 is 53.7 Å². The average molecular weight is 499 g/mol. The van der Waals surface area contributed by atoms with Gasteiger partial charge in [-0.2, -0.15) is 4.98 Å². The second kappa shape index (κ2) is 11.2. The van der Waals surface area contributed by atoms with E-state index in [1.807, 2.05) is 25.2 Å². The number of benzene rings is 2. The number of methoxy groups -OCH3 is 1. The van der Waals surface area contributed by atoms with Gasteiger partial charge in [-0.1, -0.05) is 37.7 Å². The van der Waals surface area contributed by atoms with Crippen molar-refractivity contribution in [2.45, 2.75) is 18.9 Å². The number of hydrogen-bond donors (Lipinski definition) is 3. The van der Waals surface area contributed by atoms with E-state index in [0.29, 0.717) is 22.8 Å². The van der Waals surface area contributed by atoms with Crippen LogP contribution >= 0.6 is 19.5 Å². The van der Waals surface area contributed by atoms with Gasteiger partial charge < -0.3 is 25.6 Å². The molecule has 7 nitrogen and oxygen atoms in total. The van der Waals surface area contributed by atoms with Gasteiger partial charge in [-0.3, -0.25) is 0 Å². The molecular formula is C25H32ClN6OP. The summed E-state index contributed by atoms with van der Waals surface area (Å²) in [5, 5.41) is 11.8. The van der Waals surface area contributed by atoms with E-state index in [9.17, 15) is 0 Å². The molecule has 0 atom stereocenters. The molecular weight excluding hydrogens is 467 g/mol. The second-order valence-electron chi connectivity index (χ2n) is 8.49. The molecule has 1 aliphatic rings. The molecule has 1 aliphatic heterocycles. The van der Waals surface area contributed by atoms with Crippen LogP contribution < -0.4 is 30.9 Å². The molecule has 0 radical (unpaired) electrons. The van der Waals surface area contributed by atoms with Gasteiger partial charge in [0.05, 0.1) is 19.0 Å². The van der Waals surface area contributed by atoms with Crippen LogP contribution in [0.4, 0.5) is 28.8 Å².